The largest absolute Gasteiger partial charge is 0.491 e. The van der Waals surface area contributed by atoms with E-state index in [2.05, 4.69) is 62.5 Å². The van der Waals surface area contributed by atoms with E-state index >= 15 is 0 Å². The highest BCUT2D eigenvalue weighted by Crippen LogP contribution is 2.32. The van der Waals surface area contributed by atoms with Gasteiger partial charge in [-0.05, 0) is 41.8 Å². The van der Waals surface area contributed by atoms with Crippen molar-refractivity contribution in [1.29, 1.82) is 0 Å². The Hall–Kier alpha value is -3.27. The van der Waals surface area contributed by atoms with Gasteiger partial charge < -0.3 is 14.8 Å². The molecule has 0 bridgehead atoms. The summed E-state index contributed by atoms with van der Waals surface area (Å²) in [6.07, 6.45) is 2.03. The Morgan fingerprint density at radius 1 is 0.839 bits per heavy atom. The smallest absolute Gasteiger partial charge is 0.262 e. The molecule has 1 N–H and O–H groups in total. The summed E-state index contributed by atoms with van der Waals surface area (Å²) in [7, 11) is 0. The first-order valence-electron chi connectivity index (χ1n) is 10.8. The zero-order valence-corrected chi connectivity index (χ0v) is 18.6. The molecule has 31 heavy (non-hydrogen) atoms. The number of benzene rings is 3. The second kappa shape index (κ2) is 10.7. The third-order valence-corrected chi connectivity index (χ3v) is 5.36. The lowest BCUT2D eigenvalue weighted by Gasteiger charge is -2.26. The van der Waals surface area contributed by atoms with Crippen molar-refractivity contribution in [2.75, 3.05) is 18.5 Å². The highest BCUT2D eigenvalue weighted by Gasteiger charge is 2.22. The summed E-state index contributed by atoms with van der Waals surface area (Å²) in [5.41, 5.74) is 2.99. The molecule has 0 saturated carbocycles. The van der Waals surface area contributed by atoms with Crippen molar-refractivity contribution < 1.29 is 14.3 Å². The fourth-order valence-electron chi connectivity index (χ4n) is 3.35. The molecule has 0 heterocycles. The Labute approximate surface area is 185 Å². The molecule has 0 spiro atoms. The lowest BCUT2D eigenvalue weighted by molar-refractivity contribution is -0.118. The second-order valence-corrected chi connectivity index (χ2v) is 8.05. The highest BCUT2D eigenvalue weighted by atomic mass is 16.5. The first-order valence-corrected chi connectivity index (χ1v) is 10.8. The van der Waals surface area contributed by atoms with Gasteiger partial charge >= 0.3 is 0 Å². The molecular weight excluding hydrogens is 386 g/mol. The molecule has 0 radical (unpaired) electrons. The molecule has 0 aliphatic carbocycles. The van der Waals surface area contributed by atoms with Crippen molar-refractivity contribution in [3.05, 3.63) is 90.0 Å². The summed E-state index contributed by atoms with van der Waals surface area (Å²) >= 11 is 0. The van der Waals surface area contributed by atoms with E-state index in [-0.39, 0.29) is 17.9 Å². The van der Waals surface area contributed by atoms with Crippen LogP contribution in [-0.4, -0.2) is 19.1 Å². The van der Waals surface area contributed by atoms with Crippen LogP contribution in [0.25, 0.3) is 0 Å². The van der Waals surface area contributed by atoms with Crippen molar-refractivity contribution >= 4 is 11.6 Å². The van der Waals surface area contributed by atoms with Gasteiger partial charge in [0, 0.05) is 5.41 Å². The van der Waals surface area contributed by atoms with Gasteiger partial charge in [0.2, 0.25) is 0 Å². The lowest BCUT2D eigenvalue weighted by Crippen LogP contribution is -2.21. The third kappa shape index (κ3) is 6.11. The average molecular weight is 418 g/mol. The molecule has 4 nitrogen and oxygen atoms in total. The molecule has 0 fully saturated rings. The molecule has 0 unspecified atom stereocenters. The Morgan fingerprint density at radius 2 is 1.48 bits per heavy atom. The van der Waals surface area contributed by atoms with Gasteiger partial charge in [-0.25, -0.2) is 0 Å². The number of nitrogens with one attached hydrogen (secondary N) is 1. The van der Waals surface area contributed by atoms with Crippen LogP contribution >= 0.6 is 0 Å². The number of unbranched alkanes of at least 4 members (excludes halogenated alkanes) is 1. The van der Waals surface area contributed by atoms with Gasteiger partial charge in [-0.1, -0.05) is 81.8 Å². The number of amides is 1. The van der Waals surface area contributed by atoms with E-state index in [0.717, 1.165) is 12.8 Å². The van der Waals surface area contributed by atoms with Crippen molar-refractivity contribution in [2.45, 2.75) is 39.0 Å². The molecule has 3 rings (SSSR count). The van der Waals surface area contributed by atoms with Crippen LogP contribution in [0.15, 0.2) is 78.9 Å². The molecule has 3 aromatic carbocycles. The van der Waals surface area contributed by atoms with E-state index in [1.807, 2.05) is 42.5 Å². The van der Waals surface area contributed by atoms with Crippen LogP contribution in [0.3, 0.4) is 0 Å². The van der Waals surface area contributed by atoms with Gasteiger partial charge in [0.15, 0.2) is 6.61 Å². The number of carbonyl (C=O) groups is 1. The molecule has 0 saturated heterocycles. The van der Waals surface area contributed by atoms with E-state index < -0.39 is 0 Å². The number of ether oxygens (including phenoxy) is 2. The molecular formula is C27H31NO3. The normalized spacial score (nSPS) is 11.1. The van der Waals surface area contributed by atoms with Crippen LogP contribution in [0.5, 0.6) is 11.5 Å². The first kappa shape index (κ1) is 22.4. The number of hydrogen-bond donors (Lipinski definition) is 1. The van der Waals surface area contributed by atoms with E-state index in [1.165, 1.54) is 11.1 Å². The standard InChI is InChI=1S/C27H31NO3/c1-4-5-19-30-25-14-10-9-13-24(25)28-26(29)20-31-23-17-15-22(16-18-23)27(2,3)21-11-7-6-8-12-21/h6-18H,4-5,19-20H2,1-3H3,(H,28,29). The number of carbonyl (C=O) groups excluding carboxylic acids is 1. The molecule has 1 amide bonds. The maximum absolute atomic E-state index is 12.4. The number of anilines is 1. The number of hydrogen-bond acceptors (Lipinski definition) is 3. The van der Waals surface area contributed by atoms with Gasteiger partial charge in [-0.15, -0.1) is 0 Å². The van der Waals surface area contributed by atoms with Crippen LogP contribution in [-0.2, 0) is 10.2 Å². The number of rotatable bonds is 10. The Balaban J connectivity index is 1.57. The summed E-state index contributed by atoms with van der Waals surface area (Å²) in [5.74, 6) is 1.12. The summed E-state index contributed by atoms with van der Waals surface area (Å²) in [5, 5.41) is 2.88. The summed E-state index contributed by atoms with van der Waals surface area (Å²) in [6.45, 7) is 7.08. The number of para-hydroxylation sites is 2. The van der Waals surface area contributed by atoms with Gasteiger partial charge in [0.05, 0.1) is 12.3 Å². The fourth-order valence-corrected chi connectivity index (χ4v) is 3.35. The molecule has 0 aromatic heterocycles. The topological polar surface area (TPSA) is 47.6 Å². The Kier molecular flexibility index (Phi) is 7.71. The molecule has 162 valence electrons. The molecule has 0 aliphatic heterocycles. The van der Waals surface area contributed by atoms with E-state index in [1.54, 1.807) is 0 Å². The lowest BCUT2D eigenvalue weighted by atomic mass is 9.78. The van der Waals surface area contributed by atoms with Crippen LogP contribution in [0.2, 0.25) is 0 Å². The van der Waals surface area contributed by atoms with Gasteiger partial charge in [0.25, 0.3) is 5.91 Å². The van der Waals surface area contributed by atoms with Crippen LogP contribution < -0.4 is 14.8 Å². The van der Waals surface area contributed by atoms with Crippen molar-refractivity contribution in [3.8, 4) is 11.5 Å². The predicted octanol–water partition coefficient (Wildman–Crippen LogP) is 6.21. The van der Waals surface area contributed by atoms with Crippen LogP contribution in [0.1, 0.15) is 44.7 Å². The maximum Gasteiger partial charge on any atom is 0.262 e. The fraction of sp³-hybridized carbons (Fsp3) is 0.296. The van der Waals surface area contributed by atoms with E-state index in [9.17, 15) is 4.79 Å². The zero-order valence-electron chi connectivity index (χ0n) is 18.6. The summed E-state index contributed by atoms with van der Waals surface area (Å²) in [6, 6.07) is 25.8. The van der Waals surface area contributed by atoms with Crippen molar-refractivity contribution in [3.63, 3.8) is 0 Å². The molecule has 3 aromatic rings. The second-order valence-electron chi connectivity index (χ2n) is 8.05. The predicted molar refractivity (Wildman–Crippen MR) is 126 cm³/mol. The highest BCUT2D eigenvalue weighted by molar-refractivity contribution is 5.93. The first-order chi connectivity index (χ1) is 15.0. The van der Waals surface area contributed by atoms with Crippen molar-refractivity contribution in [2.24, 2.45) is 0 Å². The van der Waals surface area contributed by atoms with Gasteiger partial charge in [-0.3, -0.25) is 4.79 Å². The third-order valence-electron chi connectivity index (χ3n) is 5.36. The minimum atomic E-state index is -0.222. The van der Waals surface area contributed by atoms with Crippen molar-refractivity contribution in [1.82, 2.24) is 0 Å². The van der Waals surface area contributed by atoms with E-state index in [0.29, 0.717) is 23.8 Å². The van der Waals surface area contributed by atoms with Gasteiger partial charge in [-0.2, -0.15) is 0 Å². The quantitative estimate of drug-likeness (QED) is 0.399. The molecule has 0 aliphatic rings. The molecule has 0 atom stereocenters. The Morgan fingerprint density at radius 3 is 2.19 bits per heavy atom. The minimum absolute atomic E-state index is 0.0648. The SMILES string of the molecule is CCCCOc1ccccc1NC(=O)COc1ccc(C(C)(C)c2ccccc2)cc1. The monoisotopic (exact) mass is 417 g/mol. The van der Waals surface area contributed by atoms with Crippen LogP contribution in [0.4, 0.5) is 5.69 Å². The summed E-state index contributed by atoms with van der Waals surface area (Å²) < 4.78 is 11.5. The maximum atomic E-state index is 12.4. The summed E-state index contributed by atoms with van der Waals surface area (Å²) in [4.78, 5) is 12.4. The van der Waals surface area contributed by atoms with Crippen LogP contribution in [0, 0.1) is 0 Å². The molecule has 4 heteroatoms. The Bertz CT molecular complexity index is 965. The zero-order chi connectivity index (χ0) is 22.1. The van der Waals surface area contributed by atoms with E-state index in [4.69, 9.17) is 9.47 Å². The van der Waals surface area contributed by atoms with Gasteiger partial charge in [0.1, 0.15) is 11.5 Å². The average Bonchev–Trinajstić information content (AvgIpc) is 2.80. The minimum Gasteiger partial charge on any atom is -0.491 e.